The lowest BCUT2D eigenvalue weighted by atomic mass is 9.99. The summed E-state index contributed by atoms with van der Waals surface area (Å²) < 4.78 is 13.1. The predicted molar refractivity (Wildman–Crippen MR) is 120 cm³/mol. The maximum atomic E-state index is 13.1. The number of piperidine rings is 1. The van der Waals surface area contributed by atoms with E-state index in [1.165, 1.54) is 17.7 Å². The Balaban J connectivity index is 1.61. The van der Waals surface area contributed by atoms with Gasteiger partial charge >= 0.3 is 0 Å². The summed E-state index contributed by atoms with van der Waals surface area (Å²) >= 11 is 0. The summed E-state index contributed by atoms with van der Waals surface area (Å²) in [7, 11) is 0. The van der Waals surface area contributed by atoms with Crippen molar-refractivity contribution in [3.8, 4) is 11.4 Å². The molecular weight excluding hydrogens is 391 g/mol. The van der Waals surface area contributed by atoms with Gasteiger partial charge in [0.2, 0.25) is 0 Å². The molecule has 31 heavy (non-hydrogen) atoms. The molecule has 0 aliphatic carbocycles. The number of rotatable bonds is 5. The lowest BCUT2D eigenvalue weighted by Crippen LogP contribution is -2.36. The van der Waals surface area contributed by atoms with Gasteiger partial charge in [0.1, 0.15) is 17.2 Å². The van der Waals surface area contributed by atoms with Crippen LogP contribution in [0.4, 0.5) is 10.2 Å². The average Bonchev–Trinajstić information content (AvgIpc) is 2.79. The largest absolute Gasteiger partial charge is 0.356 e. The van der Waals surface area contributed by atoms with E-state index in [9.17, 15) is 9.18 Å². The molecule has 0 unspecified atom stereocenters. The molecule has 1 aliphatic heterocycles. The molecule has 1 fully saturated rings. The minimum absolute atomic E-state index is 0.228. The molecule has 2 heterocycles. The van der Waals surface area contributed by atoms with Gasteiger partial charge in [-0.15, -0.1) is 0 Å². The van der Waals surface area contributed by atoms with Crippen LogP contribution >= 0.6 is 0 Å². The second-order valence-corrected chi connectivity index (χ2v) is 8.28. The Morgan fingerprint density at radius 2 is 1.77 bits per heavy atom. The van der Waals surface area contributed by atoms with E-state index >= 15 is 0 Å². The van der Waals surface area contributed by atoms with Crippen molar-refractivity contribution in [2.75, 3.05) is 18.0 Å². The number of benzene rings is 2. The normalized spacial score (nSPS) is 14.5. The fourth-order valence-corrected chi connectivity index (χ4v) is 3.72. The van der Waals surface area contributed by atoms with Gasteiger partial charge in [0, 0.05) is 31.4 Å². The van der Waals surface area contributed by atoms with Crippen molar-refractivity contribution in [1.29, 1.82) is 0 Å². The first-order chi connectivity index (χ1) is 15.0. The summed E-state index contributed by atoms with van der Waals surface area (Å²) in [5, 5.41) is 2.92. The number of nitrogens with one attached hydrogen (secondary N) is 1. The summed E-state index contributed by atoms with van der Waals surface area (Å²) in [5.41, 5.74) is 3.40. The topological polar surface area (TPSA) is 58.1 Å². The van der Waals surface area contributed by atoms with Crippen LogP contribution in [0.5, 0.6) is 0 Å². The van der Waals surface area contributed by atoms with Crippen LogP contribution in [-0.4, -0.2) is 29.0 Å². The molecule has 1 amide bonds. The summed E-state index contributed by atoms with van der Waals surface area (Å²) in [6.07, 6.45) is 3.76. The van der Waals surface area contributed by atoms with Crippen molar-refractivity contribution in [2.24, 2.45) is 5.92 Å². The van der Waals surface area contributed by atoms with E-state index in [-0.39, 0.29) is 11.7 Å². The Hall–Kier alpha value is -3.28. The number of hydrogen-bond donors (Lipinski definition) is 1. The van der Waals surface area contributed by atoms with Crippen molar-refractivity contribution in [1.82, 2.24) is 15.3 Å². The first-order valence-electron chi connectivity index (χ1n) is 10.7. The highest BCUT2D eigenvalue weighted by Gasteiger charge is 2.24. The van der Waals surface area contributed by atoms with Crippen molar-refractivity contribution < 1.29 is 9.18 Å². The number of nitrogens with zero attached hydrogens (tertiary/aromatic N) is 3. The lowest BCUT2D eigenvalue weighted by Gasteiger charge is -2.32. The third-order valence-electron chi connectivity index (χ3n) is 5.77. The fourth-order valence-electron chi connectivity index (χ4n) is 3.72. The van der Waals surface area contributed by atoms with Crippen molar-refractivity contribution >= 4 is 11.7 Å². The number of amides is 1. The zero-order chi connectivity index (χ0) is 21.8. The molecule has 3 aromatic rings. The molecule has 6 heteroatoms. The fraction of sp³-hybridized carbons (Fsp3) is 0.320. The number of carbonyl (C=O) groups excluding carboxylic acids is 1. The van der Waals surface area contributed by atoms with Crippen molar-refractivity contribution in [2.45, 2.75) is 33.2 Å². The van der Waals surface area contributed by atoms with Gasteiger partial charge in [-0.05, 0) is 43.4 Å². The van der Waals surface area contributed by atoms with E-state index in [4.69, 9.17) is 4.98 Å². The van der Waals surface area contributed by atoms with Crippen LogP contribution in [0.15, 0.2) is 54.7 Å². The lowest BCUT2D eigenvalue weighted by molar-refractivity contribution is 0.0950. The Morgan fingerprint density at radius 1 is 1.10 bits per heavy atom. The van der Waals surface area contributed by atoms with Gasteiger partial charge in [-0.25, -0.2) is 14.4 Å². The smallest absolute Gasteiger partial charge is 0.256 e. The average molecular weight is 419 g/mol. The van der Waals surface area contributed by atoms with Crippen LogP contribution in [0.1, 0.15) is 41.3 Å². The number of aromatic nitrogens is 2. The summed E-state index contributed by atoms with van der Waals surface area (Å²) in [6, 6.07) is 14.2. The number of halogens is 1. The van der Waals surface area contributed by atoms with Crippen LogP contribution in [0, 0.1) is 18.7 Å². The van der Waals surface area contributed by atoms with Crippen molar-refractivity contribution in [3.05, 3.63) is 77.2 Å². The maximum Gasteiger partial charge on any atom is 0.256 e. The molecule has 0 radical (unpaired) electrons. The van der Waals surface area contributed by atoms with Gasteiger partial charge in [-0.2, -0.15) is 0 Å². The predicted octanol–water partition coefficient (Wildman–Crippen LogP) is 4.76. The van der Waals surface area contributed by atoms with E-state index in [1.54, 1.807) is 18.3 Å². The van der Waals surface area contributed by atoms with Gasteiger partial charge in [0.05, 0.1) is 0 Å². The minimum Gasteiger partial charge on any atom is -0.356 e. The van der Waals surface area contributed by atoms with Gasteiger partial charge < -0.3 is 10.2 Å². The van der Waals surface area contributed by atoms with Crippen LogP contribution in [0.25, 0.3) is 11.4 Å². The molecule has 0 saturated carbocycles. The first kappa shape index (κ1) is 21.0. The zero-order valence-electron chi connectivity index (χ0n) is 17.9. The molecule has 1 saturated heterocycles. The number of aryl methyl sites for hydroxylation is 1. The standard InChI is InChI=1S/C25H27FN4O/c1-17-3-7-20(8-4-17)23-27-16-22(24(29-23)30-13-11-18(2)12-14-30)25(31)28-15-19-5-9-21(26)10-6-19/h3-10,16,18H,11-15H2,1-2H3,(H,28,31). The van der Waals surface area contributed by atoms with E-state index in [0.717, 1.165) is 37.1 Å². The van der Waals surface area contributed by atoms with Crippen LogP contribution < -0.4 is 10.2 Å². The Morgan fingerprint density at radius 3 is 2.45 bits per heavy atom. The van der Waals surface area contributed by atoms with E-state index < -0.39 is 0 Å². The monoisotopic (exact) mass is 418 g/mol. The summed E-state index contributed by atoms with van der Waals surface area (Å²) in [6.45, 7) is 6.34. The molecule has 2 aromatic carbocycles. The van der Waals surface area contributed by atoms with E-state index in [0.29, 0.717) is 29.7 Å². The van der Waals surface area contributed by atoms with Gasteiger partial charge in [-0.3, -0.25) is 4.79 Å². The van der Waals surface area contributed by atoms with E-state index in [1.807, 2.05) is 31.2 Å². The molecule has 0 atom stereocenters. The highest BCUT2D eigenvalue weighted by atomic mass is 19.1. The number of carbonyl (C=O) groups is 1. The third kappa shape index (κ3) is 5.08. The Kier molecular flexibility index (Phi) is 6.26. The Labute approximate surface area is 182 Å². The molecule has 1 aliphatic rings. The molecule has 5 nitrogen and oxygen atoms in total. The molecule has 1 N–H and O–H groups in total. The van der Waals surface area contributed by atoms with Gasteiger partial charge in [0.15, 0.2) is 5.82 Å². The first-order valence-corrected chi connectivity index (χ1v) is 10.7. The molecule has 0 spiro atoms. The van der Waals surface area contributed by atoms with E-state index in [2.05, 4.69) is 22.1 Å². The third-order valence-corrected chi connectivity index (χ3v) is 5.77. The molecular formula is C25H27FN4O. The molecule has 4 rings (SSSR count). The SMILES string of the molecule is Cc1ccc(-c2ncc(C(=O)NCc3ccc(F)cc3)c(N3CCC(C)CC3)n2)cc1. The van der Waals surface area contributed by atoms with Gasteiger partial charge in [0.25, 0.3) is 5.91 Å². The second kappa shape index (κ2) is 9.25. The van der Waals surface area contributed by atoms with Gasteiger partial charge in [-0.1, -0.05) is 48.9 Å². The zero-order valence-corrected chi connectivity index (χ0v) is 17.9. The Bertz CT molecular complexity index is 1040. The number of anilines is 1. The minimum atomic E-state index is -0.295. The molecule has 0 bridgehead atoms. The molecule has 160 valence electrons. The van der Waals surface area contributed by atoms with Crippen LogP contribution in [0.3, 0.4) is 0 Å². The number of hydrogen-bond acceptors (Lipinski definition) is 4. The molecule has 1 aromatic heterocycles. The summed E-state index contributed by atoms with van der Waals surface area (Å²) in [5.74, 6) is 1.44. The van der Waals surface area contributed by atoms with Crippen LogP contribution in [0.2, 0.25) is 0 Å². The van der Waals surface area contributed by atoms with Crippen molar-refractivity contribution in [3.63, 3.8) is 0 Å². The second-order valence-electron chi connectivity index (χ2n) is 8.28. The van der Waals surface area contributed by atoms with Crippen LogP contribution in [-0.2, 0) is 6.54 Å². The highest BCUT2D eigenvalue weighted by Crippen LogP contribution is 2.27. The summed E-state index contributed by atoms with van der Waals surface area (Å²) in [4.78, 5) is 24.5. The quantitative estimate of drug-likeness (QED) is 0.649. The highest BCUT2D eigenvalue weighted by molar-refractivity contribution is 5.98. The maximum absolute atomic E-state index is 13.1.